The normalized spacial score (nSPS) is 15.3. The quantitative estimate of drug-likeness (QED) is 0.523. The number of halogens is 1. The number of fused-ring (bicyclic) bond motifs is 1. The molecule has 1 aliphatic rings. The Labute approximate surface area is 198 Å². The van der Waals surface area contributed by atoms with E-state index >= 15 is 0 Å². The van der Waals surface area contributed by atoms with Crippen molar-refractivity contribution >= 4 is 11.7 Å². The molecule has 2 N–H and O–H groups in total. The van der Waals surface area contributed by atoms with Crippen molar-refractivity contribution in [1.82, 2.24) is 15.2 Å². The molecule has 0 spiro atoms. The van der Waals surface area contributed by atoms with Crippen LogP contribution in [0.5, 0.6) is 11.5 Å². The Morgan fingerprint density at radius 1 is 1.09 bits per heavy atom. The Balaban J connectivity index is 1.50. The van der Waals surface area contributed by atoms with E-state index in [1.165, 1.54) is 17.7 Å². The van der Waals surface area contributed by atoms with Crippen LogP contribution in [0.4, 0.5) is 14.9 Å². The number of pyridine rings is 1. The lowest BCUT2D eigenvalue weighted by Crippen LogP contribution is -2.42. The first-order valence-corrected chi connectivity index (χ1v) is 11.3. The third kappa shape index (κ3) is 5.63. The van der Waals surface area contributed by atoms with Crippen LogP contribution in [0.25, 0.3) is 0 Å². The molecule has 7 nitrogen and oxygen atoms in total. The number of rotatable bonds is 8. The molecule has 2 aromatic carbocycles. The number of carbonyl (C=O) groups is 1. The van der Waals surface area contributed by atoms with Crippen LogP contribution in [-0.2, 0) is 12.8 Å². The molecule has 8 heteroatoms. The Morgan fingerprint density at radius 3 is 2.50 bits per heavy atom. The molecule has 1 aromatic heterocycles. The molecule has 0 aliphatic carbocycles. The number of carbonyl (C=O) groups excluding carboxylic acids is 1. The lowest BCUT2D eigenvalue weighted by atomic mass is 9.88. The van der Waals surface area contributed by atoms with Crippen LogP contribution in [0.3, 0.4) is 0 Å². The Morgan fingerprint density at radius 2 is 1.79 bits per heavy atom. The van der Waals surface area contributed by atoms with E-state index in [1.807, 2.05) is 24.3 Å². The zero-order valence-corrected chi connectivity index (χ0v) is 19.4. The minimum atomic E-state index is -0.259. The summed E-state index contributed by atoms with van der Waals surface area (Å²) in [4.78, 5) is 18.6. The summed E-state index contributed by atoms with van der Waals surface area (Å²) < 4.78 is 24.5. The van der Waals surface area contributed by atoms with Gasteiger partial charge in [-0.05, 0) is 65.9 Å². The number of methoxy groups -OCH3 is 2. The monoisotopic (exact) mass is 464 g/mol. The van der Waals surface area contributed by atoms with Crippen molar-refractivity contribution in [3.05, 3.63) is 83.4 Å². The lowest BCUT2D eigenvalue weighted by Gasteiger charge is -2.38. The Kier molecular flexibility index (Phi) is 7.59. The van der Waals surface area contributed by atoms with Gasteiger partial charge in [0.1, 0.15) is 5.82 Å². The Bertz CT molecular complexity index is 1110. The molecule has 0 bridgehead atoms. The average molecular weight is 465 g/mol. The van der Waals surface area contributed by atoms with Gasteiger partial charge in [0.2, 0.25) is 0 Å². The van der Waals surface area contributed by atoms with Gasteiger partial charge >= 0.3 is 6.03 Å². The zero-order chi connectivity index (χ0) is 23.9. The second kappa shape index (κ2) is 11.0. The molecule has 1 unspecified atom stereocenters. The first-order valence-electron chi connectivity index (χ1n) is 11.3. The molecule has 0 radical (unpaired) electrons. The van der Waals surface area contributed by atoms with Crippen molar-refractivity contribution in [3.63, 3.8) is 0 Å². The maximum Gasteiger partial charge on any atom is 0.319 e. The molecular formula is C26H29FN4O3. The molecule has 3 aromatic rings. The fourth-order valence-corrected chi connectivity index (χ4v) is 4.35. The highest BCUT2D eigenvalue weighted by atomic mass is 19.1. The molecule has 2 heterocycles. The number of urea groups is 1. The fraction of sp³-hybridized carbons (Fsp3) is 0.308. The van der Waals surface area contributed by atoms with E-state index in [-0.39, 0.29) is 17.9 Å². The number of nitrogens with one attached hydrogen (secondary N) is 2. The van der Waals surface area contributed by atoms with Crippen molar-refractivity contribution in [2.75, 3.05) is 39.2 Å². The van der Waals surface area contributed by atoms with E-state index in [4.69, 9.17) is 9.47 Å². The molecule has 4 rings (SSSR count). The summed E-state index contributed by atoms with van der Waals surface area (Å²) in [7, 11) is 3.27. The van der Waals surface area contributed by atoms with Gasteiger partial charge in [0.05, 0.1) is 14.2 Å². The molecule has 0 fully saturated rings. The van der Waals surface area contributed by atoms with Crippen LogP contribution in [-0.4, -0.2) is 49.8 Å². The number of anilines is 1. The first kappa shape index (κ1) is 23.5. The van der Waals surface area contributed by atoms with E-state index in [0.717, 1.165) is 24.1 Å². The molecule has 34 heavy (non-hydrogen) atoms. The van der Waals surface area contributed by atoms with Gasteiger partial charge in [-0.2, -0.15) is 0 Å². The predicted molar refractivity (Wildman–Crippen MR) is 129 cm³/mol. The number of nitrogens with zero attached hydrogens (tertiary/aromatic N) is 2. The Hall–Kier alpha value is -3.65. The van der Waals surface area contributed by atoms with E-state index in [2.05, 4.69) is 20.5 Å². The zero-order valence-electron chi connectivity index (χ0n) is 19.4. The standard InChI is InChI=1S/C26H29FN4O3/c1-33-24-16-19-9-13-31(14-12-29-26(32)30-21-7-10-28-11-8-21)23(22(19)17-25(24)34-2)15-18-3-5-20(27)6-4-18/h3-8,10-11,16-17,23H,9,12-15H2,1-2H3,(H2,28,29,30,32). The summed E-state index contributed by atoms with van der Waals surface area (Å²) in [5.41, 5.74) is 4.11. The van der Waals surface area contributed by atoms with Gasteiger partial charge in [-0.25, -0.2) is 9.18 Å². The second-order valence-corrected chi connectivity index (χ2v) is 8.16. The van der Waals surface area contributed by atoms with Gasteiger partial charge in [-0.15, -0.1) is 0 Å². The van der Waals surface area contributed by atoms with Gasteiger partial charge in [0.25, 0.3) is 0 Å². The molecular weight excluding hydrogens is 435 g/mol. The number of hydrogen-bond donors (Lipinski definition) is 2. The average Bonchev–Trinajstić information content (AvgIpc) is 2.86. The molecule has 2 amide bonds. The van der Waals surface area contributed by atoms with E-state index in [1.54, 1.807) is 38.7 Å². The van der Waals surface area contributed by atoms with Crippen LogP contribution < -0.4 is 20.1 Å². The highest BCUT2D eigenvalue weighted by Gasteiger charge is 2.29. The minimum Gasteiger partial charge on any atom is -0.493 e. The molecule has 1 aliphatic heterocycles. The lowest BCUT2D eigenvalue weighted by molar-refractivity contribution is 0.183. The number of amides is 2. The second-order valence-electron chi connectivity index (χ2n) is 8.16. The summed E-state index contributed by atoms with van der Waals surface area (Å²) in [5.74, 6) is 1.15. The number of aromatic nitrogens is 1. The smallest absolute Gasteiger partial charge is 0.319 e. The highest BCUT2D eigenvalue weighted by molar-refractivity contribution is 5.89. The highest BCUT2D eigenvalue weighted by Crippen LogP contribution is 2.39. The maximum atomic E-state index is 13.5. The predicted octanol–water partition coefficient (Wildman–Crippen LogP) is 4.20. The number of hydrogen-bond acceptors (Lipinski definition) is 5. The summed E-state index contributed by atoms with van der Waals surface area (Å²) >= 11 is 0. The van der Waals surface area contributed by atoms with E-state index in [0.29, 0.717) is 36.7 Å². The number of benzene rings is 2. The van der Waals surface area contributed by atoms with Crippen LogP contribution in [0.1, 0.15) is 22.7 Å². The van der Waals surface area contributed by atoms with Gasteiger partial charge in [-0.1, -0.05) is 12.1 Å². The summed E-state index contributed by atoms with van der Waals surface area (Å²) in [6.45, 7) is 1.99. The third-order valence-electron chi connectivity index (χ3n) is 6.08. The van der Waals surface area contributed by atoms with E-state index in [9.17, 15) is 9.18 Å². The van der Waals surface area contributed by atoms with E-state index < -0.39 is 0 Å². The van der Waals surface area contributed by atoms with Crippen LogP contribution in [0.15, 0.2) is 60.9 Å². The molecule has 0 saturated heterocycles. The first-order chi connectivity index (χ1) is 16.6. The maximum absolute atomic E-state index is 13.5. The fourth-order valence-electron chi connectivity index (χ4n) is 4.35. The number of ether oxygens (including phenoxy) is 2. The van der Waals surface area contributed by atoms with Gasteiger partial charge in [-0.3, -0.25) is 9.88 Å². The van der Waals surface area contributed by atoms with Crippen LogP contribution in [0, 0.1) is 5.82 Å². The topological polar surface area (TPSA) is 75.7 Å². The summed E-state index contributed by atoms with van der Waals surface area (Å²) in [6.07, 6.45) is 4.83. The minimum absolute atomic E-state index is 0.0547. The van der Waals surface area contributed by atoms with Crippen molar-refractivity contribution in [2.45, 2.75) is 18.9 Å². The molecule has 1 atom stereocenters. The summed E-state index contributed by atoms with van der Waals surface area (Å²) in [5, 5.41) is 5.73. The van der Waals surface area contributed by atoms with Crippen LogP contribution in [0.2, 0.25) is 0 Å². The molecule has 178 valence electrons. The van der Waals surface area contributed by atoms with Gasteiger partial charge in [0.15, 0.2) is 11.5 Å². The summed E-state index contributed by atoms with van der Waals surface area (Å²) in [6, 6.07) is 14.0. The van der Waals surface area contributed by atoms with Crippen molar-refractivity contribution in [3.8, 4) is 11.5 Å². The largest absolute Gasteiger partial charge is 0.493 e. The van der Waals surface area contributed by atoms with Crippen molar-refractivity contribution in [2.24, 2.45) is 0 Å². The van der Waals surface area contributed by atoms with Gasteiger partial charge < -0.3 is 20.1 Å². The molecule has 0 saturated carbocycles. The third-order valence-corrected chi connectivity index (χ3v) is 6.08. The van der Waals surface area contributed by atoms with Crippen molar-refractivity contribution < 1.29 is 18.7 Å². The van der Waals surface area contributed by atoms with Gasteiger partial charge in [0, 0.05) is 43.8 Å². The SMILES string of the molecule is COc1cc2c(cc1OC)C(Cc1ccc(F)cc1)N(CCNC(=O)Nc1ccncc1)CC2. The van der Waals surface area contributed by atoms with Crippen molar-refractivity contribution in [1.29, 1.82) is 0 Å². The van der Waals surface area contributed by atoms with Crippen LogP contribution >= 0.6 is 0 Å².